The Kier molecular flexibility index (Phi) is 5.60. The second-order valence-corrected chi connectivity index (χ2v) is 8.39. The number of hydrogen-bond acceptors (Lipinski definition) is 7. The number of ketones is 1. The molecule has 0 saturated heterocycles. The summed E-state index contributed by atoms with van der Waals surface area (Å²) in [7, 11) is 0. The zero-order chi connectivity index (χ0) is 23.8. The van der Waals surface area contributed by atoms with E-state index in [1.165, 1.54) is 12.1 Å². The van der Waals surface area contributed by atoms with E-state index in [1.807, 2.05) is 6.08 Å². The van der Waals surface area contributed by atoms with Gasteiger partial charge in [0.05, 0.1) is 5.56 Å². The molecule has 3 aromatic rings. The topological polar surface area (TPSA) is 120 Å². The molecular formula is C23H21F2N7O2. The number of nitrogens with two attached hydrogens (primary N) is 1. The number of anilines is 1. The van der Waals surface area contributed by atoms with Crippen molar-refractivity contribution in [1.82, 2.24) is 30.1 Å². The van der Waals surface area contributed by atoms with Crippen molar-refractivity contribution in [1.29, 1.82) is 0 Å². The van der Waals surface area contributed by atoms with Crippen molar-refractivity contribution in [3.8, 4) is 17.1 Å². The highest BCUT2D eigenvalue weighted by atomic mass is 19.2. The third kappa shape index (κ3) is 3.93. The Morgan fingerprint density at radius 1 is 1.21 bits per heavy atom. The molecule has 5 rings (SSSR count). The predicted molar refractivity (Wildman–Crippen MR) is 118 cm³/mol. The van der Waals surface area contributed by atoms with E-state index in [-0.39, 0.29) is 34.9 Å². The summed E-state index contributed by atoms with van der Waals surface area (Å²) in [6, 6.07) is 5.48. The number of rotatable bonds is 4. The van der Waals surface area contributed by atoms with E-state index in [0.29, 0.717) is 44.3 Å². The van der Waals surface area contributed by atoms with Crippen molar-refractivity contribution in [3.63, 3.8) is 0 Å². The smallest absolute Gasteiger partial charge is 0.226 e. The second kappa shape index (κ2) is 8.73. The molecule has 2 aromatic heterocycles. The largest absolute Gasteiger partial charge is 0.383 e. The number of carbonyl (C=O) groups is 2. The quantitative estimate of drug-likeness (QED) is 0.629. The average molecular weight is 465 g/mol. The van der Waals surface area contributed by atoms with Crippen molar-refractivity contribution in [2.75, 3.05) is 18.8 Å². The SMILES string of the molecule is Nc1ncc(C2=CCN(C(=O)[C@@H]3CCC(=O)C3)CC2)cc1-c1nnnn1-c1cccc(F)c1F. The highest BCUT2D eigenvalue weighted by molar-refractivity contribution is 5.90. The molecular weight excluding hydrogens is 444 g/mol. The van der Waals surface area contributed by atoms with Gasteiger partial charge in [0.2, 0.25) is 5.91 Å². The summed E-state index contributed by atoms with van der Waals surface area (Å²) in [5.41, 5.74) is 8.03. The summed E-state index contributed by atoms with van der Waals surface area (Å²) in [6.45, 7) is 0.964. The minimum Gasteiger partial charge on any atom is -0.383 e. The van der Waals surface area contributed by atoms with Crippen molar-refractivity contribution in [2.45, 2.75) is 25.7 Å². The van der Waals surface area contributed by atoms with Crippen LogP contribution in [0.25, 0.3) is 22.6 Å². The number of pyridine rings is 1. The molecule has 0 spiro atoms. The first-order valence-electron chi connectivity index (χ1n) is 10.9. The molecule has 1 saturated carbocycles. The average Bonchev–Trinajstić information content (AvgIpc) is 3.50. The van der Waals surface area contributed by atoms with Crippen LogP contribution in [0.1, 0.15) is 31.2 Å². The molecule has 0 unspecified atom stereocenters. The van der Waals surface area contributed by atoms with Crippen LogP contribution in [0.4, 0.5) is 14.6 Å². The van der Waals surface area contributed by atoms with Gasteiger partial charge in [0, 0.05) is 38.0 Å². The van der Waals surface area contributed by atoms with E-state index in [0.717, 1.165) is 21.9 Å². The maximum Gasteiger partial charge on any atom is 0.226 e. The number of benzene rings is 1. The standard InChI is InChI=1S/C23H21F2N7O2/c24-18-2-1-3-19(20(18)25)32-22(28-29-30-32)17-11-15(12-27-21(17)26)13-6-8-31(9-7-13)23(34)14-4-5-16(33)10-14/h1-3,6,11-12,14H,4-5,7-10H2,(H2,26,27)/t14-/m1/s1. The number of hydrogen-bond donors (Lipinski definition) is 1. The van der Waals surface area contributed by atoms with Gasteiger partial charge in [0.25, 0.3) is 0 Å². The fourth-order valence-corrected chi connectivity index (χ4v) is 4.42. The maximum atomic E-state index is 14.4. The Balaban J connectivity index is 1.41. The molecule has 1 atom stereocenters. The van der Waals surface area contributed by atoms with Crippen LogP contribution in [0.15, 0.2) is 36.5 Å². The second-order valence-electron chi connectivity index (χ2n) is 8.39. The number of nitrogen functional groups attached to an aromatic ring is 1. The van der Waals surface area contributed by atoms with Crippen molar-refractivity contribution >= 4 is 23.1 Å². The van der Waals surface area contributed by atoms with E-state index in [2.05, 4.69) is 20.5 Å². The lowest BCUT2D eigenvalue weighted by Gasteiger charge is -2.28. The van der Waals surface area contributed by atoms with Gasteiger partial charge >= 0.3 is 0 Å². The third-order valence-electron chi connectivity index (χ3n) is 6.27. The van der Waals surface area contributed by atoms with E-state index in [4.69, 9.17) is 5.73 Å². The van der Waals surface area contributed by atoms with E-state index < -0.39 is 11.6 Å². The van der Waals surface area contributed by atoms with Gasteiger partial charge in [-0.3, -0.25) is 9.59 Å². The molecule has 1 aromatic carbocycles. The van der Waals surface area contributed by atoms with Crippen molar-refractivity contribution in [3.05, 3.63) is 53.7 Å². The number of halogens is 2. The fourth-order valence-electron chi connectivity index (χ4n) is 4.42. The van der Waals surface area contributed by atoms with Crippen molar-refractivity contribution < 1.29 is 18.4 Å². The van der Waals surface area contributed by atoms with Crippen LogP contribution in [0.3, 0.4) is 0 Å². The minimum atomic E-state index is -1.08. The molecule has 174 valence electrons. The Hall–Kier alpha value is -4.02. The summed E-state index contributed by atoms with van der Waals surface area (Å²) in [5, 5.41) is 11.4. The first-order valence-corrected chi connectivity index (χ1v) is 10.9. The zero-order valence-electron chi connectivity index (χ0n) is 18.1. The molecule has 1 amide bonds. The van der Waals surface area contributed by atoms with Gasteiger partial charge in [-0.15, -0.1) is 5.10 Å². The Morgan fingerprint density at radius 2 is 2.06 bits per heavy atom. The van der Waals surface area contributed by atoms with Crippen LogP contribution in [0, 0.1) is 17.6 Å². The van der Waals surface area contributed by atoms with Gasteiger partial charge in [-0.2, -0.15) is 4.68 Å². The minimum absolute atomic E-state index is 0.0218. The van der Waals surface area contributed by atoms with Crippen LogP contribution in [0.2, 0.25) is 0 Å². The van der Waals surface area contributed by atoms with E-state index in [9.17, 15) is 18.4 Å². The number of amides is 1. The van der Waals surface area contributed by atoms with Gasteiger partial charge in [0.15, 0.2) is 17.5 Å². The summed E-state index contributed by atoms with van der Waals surface area (Å²) in [6.07, 6.45) is 5.60. The number of tetrazole rings is 1. The molecule has 0 radical (unpaired) electrons. The number of Topliss-reactive ketones (excluding diaryl/α,β-unsaturated/α-hetero) is 1. The molecule has 1 fully saturated rings. The molecule has 2 aliphatic rings. The monoisotopic (exact) mass is 465 g/mol. The molecule has 1 aliphatic carbocycles. The first kappa shape index (κ1) is 21.8. The first-order chi connectivity index (χ1) is 16.4. The van der Waals surface area contributed by atoms with Gasteiger partial charge in [-0.1, -0.05) is 12.1 Å². The lowest BCUT2D eigenvalue weighted by molar-refractivity contribution is -0.135. The van der Waals surface area contributed by atoms with E-state index in [1.54, 1.807) is 17.2 Å². The third-order valence-corrected chi connectivity index (χ3v) is 6.27. The van der Waals surface area contributed by atoms with Crippen LogP contribution in [-0.4, -0.2) is 54.9 Å². The molecule has 3 heterocycles. The van der Waals surface area contributed by atoms with E-state index >= 15 is 0 Å². The van der Waals surface area contributed by atoms with Crippen LogP contribution in [0.5, 0.6) is 0 Å². The van der Waals surface area contributed by atoms with Crippen LogP contribution >= 0.6 is 0 Å². The van der Waals surface area contributed by atoms with Gasteiger partial charge in [-0.25, -0.2) is 13.8 Å². The lowest BCUT2D eigenvalue weighted by atomic mass is 9.98. The van der Waals surface area contributed by atoms with Gasteiger partial charge in [-0.05, 0) is 52.6 Å². The molecule has 2 N–H and O–H groups in total. The summed E-state index contributed by atoms with van der Waals surface area (Å²) >= 11 is 0. The van der Waals surface area contributed by atoms with Gasteiger partial charge in [0.1, 0.15) is 17.3 Å². The van der Waals surface area contributed by atoms with Crippen LogP contribution < -0.4 is 5.73 Å². The Bertz CT molecular complexity index is 1320. The predicted octanol–water partition coefficient (Wildman–Crippen LogP) is 2.57. The van der Waals surface area contributed by atoms with Crippen molar-refractivity contribution in [2.24, 2.45) is 5.92 Å². The van der Waals surface area contributed by atoms with Crippen LogP contribution in [-0.2, 0) is 9.59 Å². The summed E-state index contributed by atoms with van der Waals surface area (Å²) in [5.74, 6) is -1.89. The molecule has 9 nitrogen and oxygen atoms in total. The molecule has 1 aliphatic heterocycles. The Labute approximate surface area is 193 Å². The summed E-state index contributed by atoms with van der Waals surface area (Å²) < 4.78 is 29.2. The molecule has 0 bridgehead atoms. The Morgan fingerprint density at radius 3 is 2.79 bits per heavy atom. The molecule has 34 heavy (non-hydrogen) atoms. The number of aromatic nitrogens is 5. The zero-order valence-corrected chi connectivity index (χ0v) is 18.1. The highest BCUT2D eigenvalue weighted by Crippen LogP contribution is 2.31. The lowest BCUT2D eigenvalue weighted by Crippen LogP contribution is -2.38. The summed E-state index contributed by atoms with van der Waals surface area (Å²) in [4.78, 5) is 30.3. The number of nitrogens with zero attached hydrogens (tertiary/aromatic N) is 6. The maximum absolute atomic E-state index is 14.4. The fraction of sp³-hybridized carbons (Fsp3) is 0.304. The molecule has 11 heteroatoms. The normalized spacial score (nSPS) is 18.3. The van der Waals surface area contributed by atoms with Gasteiger partial charge < -0.3 is 10.6 Å². The number of carbonyl (C=O) groups excluding carboxylic acids is 2. The highest BCUT2D eigenvalue weighted by Gasteiger charge is 2.32.